The topological polar surface area (TPSA) is 87.3 Å². The van der Waals surface area contributed by atoms with Crippen molar-refractivity contribution in [2.75, 3.05) is 25.7 Å². The van der Waals surface area contributed by atoms with Crippen LogP contribution in [0, 0.1) is 0 Å². The van der Waals surface area contributed by atoms with Gasteiger partial charge >= 0.3 is 12.0 Å². The number of benzene rings is 1. The summed E-state index contributed by atoms with van der Waals surface area (Å²) in [7, 11) is 1.31. The Morgan fingerprint density at radius 1 is 1.45 bits per heavy atom. The molecular formula is C19H22Cl2N4O3S. The molecule has 0 spiro atoms. The van der Waals surface area contributed by atoms with Gasteiger partial charge < -0.3 is 19.9 Å². The van der Waals surface area contributed by atoms with Gasteiger partial charge in [0.05, 0.1) is 19.1 Å². The molecule has 1 aromatic carbocycles. The number of carbonyl (C=O) groups is 2. The highest BCUT2D eigenvalue weighted by molar-refractivity contribution is 7.98. The predicted octanol–water partition coefficient (Wildman–Crippen LogP) is 3.67. The predicted molar refractivity (Wildman–Crippen MR) is 115 cm³/mol. The molecule has 156 valence electrons. The number of aromatic nitrogens is 2. The lowest BCUT2D eigenvalue weighted by atomic mass is 9.96. The monoisotopic (exact) mass is 456 g/mol. The number of hydrogen-bond acceptors (Lipinski definition) is 5. The Morgan fingerprint density at radius 3 is 2.93 bits per heavy atom. The molecule has 29 heavy (non-hydrogen) atoms. The van der Waals surface area contributed by atoms with E-state index < -0.39 is 18.1 Å². The number of hydrogen-bond donors (Lipinski definition) is 2. The van der Waals surface area contributed by atoms with E-state index >= 15 is 0 Å². The van der Waals surface area contributed by atoms with Gasteiger partial charge in [0, 0.05) is 28.7 Å². The Hall–Kier alpha value is -1.90. The first-order chi connectivity index (χ1) is 14.0. The molecule has 0 unspecified atom stereocenters. The van der Waals surface area contributed by atoms with E-state index in [9.17, 15) is 9.59 Å². The second-order valence-electron chi connectivity index (χ2n) is 6.58. The molecule has 1 aromatic heterocycles. The fourth-order valence-corrected chi connectivity index (χ4v) is 4.38. The van der Waals surface area contributed by atoms with Crippen LogP contribution in [0.4, 0.5) is 4.79 Å². The molecule has 1 aliphatic heterocycles. The molecule has 0 bridgehead atoms. The van der Waals surface area contributed by atoms with Crippen molar-refractivity contribution in [3.8, 4) is 0 Å². The zero-order valence-electron chi connectivity index (χ0n) is 16.1. The lowest BCUT2D eigenvalue weighted by Gasteiger charge is -2.36. The molecule has 2 heterocycles. The van der Waals surface area contributed by atoms with Gasteiger partial charge in [0.25, 0.3) is 0 Å². The number of esters is 1. The van der Waals surface area contributed by atoms with E-state index in [1.165, 1.54) is 7.11 Å². The number of rotatable bonds is 6. The van der Waals surface area contributed by atoms with E-state index in [0.29, 0.717) is 29.4 Å². The average Bonchev–Trinajstić information content (AvgIpc) is 3.19. The molecule has 2 atom stereocenters. The second kappa shape index (κ2) is 9.73. The molecule has 0 saturated heterocycles. The Bertz CT molecular complexity index is 892. The third-order valence-electron chi connectivity index (χ3n) is 4.84. The minimum atomic E-state index is -0.720. The standard InChI is InChI=1S/C19H22Cl2N4O3S/c1-28-18(26)15(6-8-29-2)24-19(27)25-7-5-14-16(23-10-22-14)17(25)12-4-3-11(20)9-13(12)21/h3-4,9-10,15,17H,5-8H2,1-2H3,(H,22,23)(H,24,27)/t15-,17+/m1/s1. The van der Waals surface area contributed by atoms with Crippen molar-refractivity contribution in [2.24, 2.45) is 0 Å². The van der Waals surface area contributed by atoms with Crippen LogP contribution in [-0.4, -0.2) is 58.6 Å². The molecule has 2 amide bonds. The van der Waals surface area contributed by atoms with Gasteiger partial charge in [-0.3, -0.25) is 0 Å². The number of urea groups is 1. The van der Waals surface area contributed by atoms with Crippen LogP contribution in [0.1, 0.15) is 29.4 Å². The number of carbonyl (C=O) groups excluding carboxylic acids is 2. The number of thioether (sulfide) groups is 1. The number of nitrogens with one attached hydrogen (secondary N) is 2. The van der Waals surface area contributed by atoms with Gasteiger partial charge in [0.15, 0.2) is 0 Å². The van der Waals surface area contributed by atoms with Gasteiger partial charge in [-0.15, -0.1) is 0 Å². The van der Waals surface area contributed by atoms with Crippen LogP contribution in [0.5, 0.6) is 0 Å². The third-order valence-corrected chi connectivity index (χ3v) is 6.04. The maximum absolute atomic E-state index is 13.2. The summed E-state index contributed by atoms with van der Waals surface area (Å²) in [6.07, 6.45) is 4.66. The zero-order valence-corrected chi connectivity index (χ0v) is 18.4. The minimum Gasteiger partial charge on any atom is -0.467 e. The van der Waals surface area contributed by atoms with Crippen molar-refractivity contribution in [3.63, 3.8) is 0 Å². The molecule has 1 aliphatic rings. The van der Waals surface area contributed by atoms with Crippen LogP contribution in [0.15, 0.2) is 24.5 Å². The molecular weight excluding hydrogens is 435 g/mol. The number of methoxy groups -OCH3 is 1. The van der Waals surface area contributed by atoms with Crippen LogP contribution in [-0.2, 0) is 16.0 Å². The molecule has 3 rings (SSSR count). The van der Waals surface area contributed by atoms with Crippen molar-refractivity contribution < 1.29 is 14.3 Å². The summed E-state index contributed by atoms with van der Waals surface area (Å²) in [5.41, 5.74) is 2.41. The van der Waals surface area contributed by atoms with E-state index in [-0.39, 0.29) is 6.03 Å². The number of amides is 2. The summed E-state index contributed by atoms with van der Waals surface area (Å²) < 4.78 is 4.85. The smallest absolute Gasteiger partial charge is 0.328 e. The number of H-pyrrole nitrogens is 1. The summed E-state index contributed by atoms with van der Waals surface area (Å²) in [6.45, 7) is 0.446. The van der Waals surface area contributed by atoms with Crippen molar-refractivity contribution in [3.05, 3.63) is 51.5 Å². The number of imidazole rings is 1. The molecule has 10 heteroatoms. The molecule has 7 nitrogen and oxygen atoms in total. The number of ether oxygens (including phenoxy) is 1. The van der Waals surface area contributed by atoms with E-state index in [1.54, 1.807) is 41.2 Å². The highest BCUT2D eigenvalue weighted by atomic mass is 35.5. The Labute approximate surface area is 183 Å². The first-order valence-electron chi connectivity index (χ1n) is 9.07. The Kier molecular flexibility index (Phi) is 7.32. The van der Waals surface area contributed by atoms with Gasteiger partial charge in [0.1, 0.15) is 12.1 Å². The van der Waals surface area contributed by atoms with Crippen molar-refractivity contribution in [1.82, 2.24) is 20.2 Å². The summed E-state index contributed by atoms with van der Waals surface area (Å²) in [4.78, 5) is 34.5. The zero-order chi connectivity index (χ0) is 21.0. The fraction of sp³-hybridized carbons (Fsp3) is 0.421. The fourth-order valence-electron chi connectivity index (χ4n) is 3.39. The van der Waals surface area contributed by atoms with Crippen molar-refractivity contribution in [2.45, 2.75) is 24.9 Å². The molecule has 2 N–H and O–H groups in total. The average molecular weight is 457 g/mol. The van der Waals surface area contributed by atoms with Crippen molar-refractivity contribution >= 4 is 47.0 Å². The number of aromatic amines is 1. The molecule has 0 saturated carbocycles. The van der Waals surface area contributed by atoms with Gasteiger partial charge in [0.2, 0.25) is 0 Å². The van der Waals surface area contributed by atoms with Crippen LogP contribution >= 0.6 is 35.0 Å². The van der Waals surface area contributed by atoms with E-state index in [2.05, 4.69) is 15.3 Å². The minimum absolute atomic E-state index is 0.369. The summed E-state index contributed by atoms with van der Waals surface area (Å²) in [6, 6.07) is 3.59. The Morgan fingerprint density at radius 2 is 2.24 bits per heavy atom. The van der Waals surface area contributed by atoms with Crippen LogP contribution in [0.3, 0.4) is 0 Å². The summed E-state index contributed by atoms with van der Waals surface area (Å²) in [5, 5.41) is 3.77. The lowest BCUT2D eigenvalue weighted by molar-refractivity contribution is -0.142. The number of nitrogens with zero attached hydrogens (tertiary/aromatic N) is 2. The van der Waals surface area contributed by atoms with Crippen LogP contribution in [0.25, 0.3) is 0 Å². The summed E-state index contributed by atoms with van der Waals surface area (Å²) >= 11 is 14.1. The number of halogens is 2. The maximum atomic E-state index is 13.2. The van der Waals surface area contributed by atoms with Gasteiger partial charge in [-0.1, -0.05) is 29.3 Å². The third kappa shape index (κ3) is 4.82. The van der Waals surface area contributed by atoms with Gasteiger partial charge in [-0.05, 0) is 36.1 Å². The molecule has 2 aromatic rings. The van der Waals surface area contributed by atoms with Crippen LogP contribution < -0.4 is 5.32 Å². The Balaban J connectivity index is 1.91. The highest BCUT2D eigenvalue weighted by Crippen LogP contribution is 2.37. The molecule has 0 aliphatic carbocycles. The van der Waals surface area contributed by atoms with Gasteiger partial charge in [-0.25, -0.2) is 14.6 Å². The maximum Gasteiger partial charge on any atom is 0.328 e. The highest BCUT2D eigenvalue weighted by Gasteiger charge is 2.36. The van der Waals surface area contributed by atoms with E-state index in [1.807, 2.05) is 6.26 Å². The van der Waals surface area contributed by atoms with Crippen LogP contribution in [0.2, 0.25) is 10.0 Å². The first kappa shape index (κ1) is 21.8. The normalized spacial score (nSPS) is 16.8. The molecule has 0 radical (unpaired) electrons. The van der Waals surface area contributed by atoms with Gasteiger partial charge in [-0.2, -0.15) is 11.8 Å². The SMILES string of the molecule is COC(=O)[C@@H](CCSC)NC(=O)N1CCc2[nH]cnc2[C@@H]1c1ccc(Cl)cc1Cl. The quantitative estimate of drug-likeness (QED) is 0.647. The summed E-state index contributed by atoms with van der Waals surface area (Å²) in [5.74, 6) is 0.252. The number of fused-ring (bicyclic) bond motifs is 1. The second-order valence-corrected chi connectivity index (χ2v) is 8.41. The first-order valence-corrected chi connectivity index (χ1v) is 11.2. The largest absolute Gasteiger partial charge is 0.467 e. The lowest BCUT2D eigenvalue weighted by Crippen LogP contribution is -2.51. The molecule has 0 fully saturated rings. The van der Waals surface area contributed by atoms with Crippen molar-refractivity contribution in [1.29, 1.82) is 0 Å². The van der Waals surface area contributed by atoms with E-state index in [4.69, 9.17) is 27.9 Å². The van der Waals surface area contributed by atoms with E-state index in [0.717, 1.165) is 22.7 Å².